The molecule has 0 spiro atoms. The van der Waals surface area contributed by atoms with Crippen LogP contribution in [0, 0.1) is 0 Å². The molecule has 4 aromatic rings. The fraction of sp³-hybridized carbons (Fsp3) is 0.0526. The Morgan fingerprint density at radius 2 is 1.89 bits per heavy atom. The van der Waals surface area contributed by atoms with Gasteiger partial charge in [0.15, 0.2) is 5.13 Å². The number of carbonyl (C=O) groups excluding carboxylic acids is 1. The smallest absolute Gasteiger partial charge is 0.257 e. The second-order valence-electron chi connectivity index (χ2n) is 5.61. The van der Waals surface area contributed by atoms with Gasteiger partial charge in [-0.2, -0.15) is 5.10 Å². The lowest BCUT2D eigenvalue weighted by Gasteiger charge is -2.04. The van der Waals surface area contributed by atoms with Gasteiger partial charge in [0.05, 0.1) is 11.4 Å². The fourth-order valence-corrected chi connectivity index (χ4v) is 3.62. The molecule has 4 rings (SSSR count). The maximum absolute atomic E-state index is 12.5. The van der Waals surface area contributed by atoms with Gasteiger partial charge in [0.25, 0.3) is 5.91 Å². The molecule has 0 unspecified atom stereocenters. The minimum atomic E-state index is -0.196. The topological polar surface area (TPSA) is 72.7 Å². The van der Waals surface area contributed by atoms with E-state index in [9.17, 15) is 4.79 Å². The van der Waals surface area contributed by atoms with Crippen LogP contribution in [0.1, 0.15) is 10.4 Å². The molecule has 2 aromatic carbocycles. The minimum Gasteiger partial charge on any atom is -0.298 e. The van der Waals surface area contributed by atoms with Crippen molar-refractivity contribution in [2.75, 3.05) is 11.6 Å². The molecule has 1 amide bonds. The van der Waals surface area contributed by atoms with Crippen molar-refractivity contribution in [2.24, 2.45) is 0 Å². The highest BCUT2D eigenvalue weighted by molar-refractivity contribution is 7.98. The first kappa shape index (κ1) is 17.4. The number of thioether (sulfide) groups is 1. The van der Waals surface area contributed by atoms with E-state index in [1.165, 1.54) is 22.6 Å². The predicted octanol–water partition coefficient (Wildman–Crippen LogP) is 4.37. The number of aromatic nitrogens is 4. The third-order valence-corrected chi connectivity index (χ3v) is 5.42. The third-order valence-electron chi connectivity index (χ3n) is 3.92. The molecule has 134 valence electrons. The summed E-state index contributed by atoms with van der Waals surface area (Å²) in [4.78, 5) is 22.1. The van der Waals surface area contributed by atoms with Crippen molar-refractivity contribution in [3.8, 4) is 16.9 Å². The van der Waals surface area contributed by atoms with Gasteiger partial charge in [-0.05, 0) is 42.7 Å². The van der Waals surface area contributed by atoms with Crippen molar-refractivity contribution < 1.29 is 4.79 Å². The first-order valence-electron chi connectivity index (χ1n) is 8.09. The van der Waals surface area contributed by atoms with Crippen LogP contribution < -0.4 is 5.32 Å². The highest BCUT2D eigenvalue weighted by Crippen LogP contribution is 2.27. The molecule has 0 radical (unpaired) electrons. The van der Waals surface area contributed by atoms with E-state index in [0.29, 0.717) is 10.7 Å². The Kier molecular flexibility index (Phi) is 4.99. The zero-order valence-corrected chi connectivity index (χ0v) is 16.0. The second kappa shape index (κ2) is 7.73. The standard InChI is InChI=1S/C19H15N5OS2/c1-26-16-8-4-13(5-9-16)17-10-27-19(22-17)23-18(25)14-2-6-15(7-3-14)24-12-20-11-21-24/h2-12H,1H3,(H,22,23,25). The van der Waals surface area contributed by atoms with E-state index in [-0.39, 0.29) is 5.91 Å². The lowest BCUT2D eigenvalue weighted by atomic mass is 10.2. The predicted molar refractivity (Wildman–Crippen MR) is 109 cm³/mol. The second-order valence-corrected chi connectivity index (χ2v) is 7.35. The Labute approximate surface area is 164 Å². The fourth-order valence-electron chi connectivity index (χ4n) is 2.50. The van der Waals surface area contributed by atoms with E-state index in [4.69, 9.17) is 0 Å². The number of hydrogen-bond acceptors (Lipinski definition) is 6. The maximum Gasteiger partial charge on any atom is 0.257 e. The van der Waals surface area contributed by atoms with Crippen molar-refractivity contribution >= 4 is 34.1 Å². The normalized spacial score (nSPS) is 10.7. The Morgan fingerprint density at radius 3 is 2.56 bits per heavy atom. The van der Waals surface area contributed by atoms with Gasteiger partial charge in [-0.25, -0.2) is 14.6 Å². The van der Waals surface area contributed by atoms with E-state index < -0.39 is 0 Å². The molecule has 8 heteroatoms. The van der Waals surface area contributed by atoms with Gasteiger partial charge in [-0.15, -0.1) is 23.1 Å². The van der Waals surface area contributed by atoms with Gasteiger partial charge in [0, 0.05) is 21.4 Å². The van der Waals surface area contributed by atoms with Crippen molar-refractivity contribution in [1.29, 1.82) is 0 Å². The van der Waals surface area contributed by atoms with E-state index in [0.717, 1.165) is 16.9 Å². The monoisotopic (exact) mass is 393 g/mol. The molecule has 1 N–H and O–H groups in total. The molecule has 6 nitrogen and oxygen atoms in total. The van der Waals surface area contributed by atoms with Crippen molar-refractivity contribution in [2.45, 2.75) is 4.90 Å². The molecule has 0 saturated carbocycles. The lowest BCUT2D eigenvalue weighted by Crippen LogP contribution is -2.11. The molecule has 0 saturated heterocycles. The molecule has 0 bridgehead atoms. The first-order valence-corrected chi connectivity index (χ1v) is 10.2. The summed E-state index contributed by atoms with van der Waals surface area (Å²) >= 11 is 3.11. The molecule has 0 aliphatic heterocycles. The van der Waals surface area contributed by atoms with Crippen molar-refractivity contribution in [1.82, 2.24) is 19.7 Å². The van der Waals surface area contributed by atoms with Crippen LogP contribution in [0.3, 0.4) is 0 Å². The number of rotatable bonds is 5. The Bertz CT molecular complexity index is 1040. The van der Waals surface area contributed by atoms with E-state index in [2.05, 4.69) is 32.5 Å². The number of carbonyl (C=O) groups is 1. The van der Waals surface area contributed by atoms with Crippen LogP contribution in [0.2, 0.25) is 0 Å². The van der Waals surface area contributed by atoms with Gasteiger partial charge in [-0.3, -0.25) is 10.1 Å². The minimum absolute atomic E-state index is 0.196. The van der Waals surface area contributed by atoms with Crippen LogP contribution in [0.15, 0.2) is 71.5 Å². The van der Waals surface area contributed by atoms with Crippen LogP contribution in [-0.2, 0) is 0 Å². The number of benzene rings is 2. The van der Waals surface area contributed by atoms with Gasteiger partial charge in [-0.1, -0.05) is 12.1 Å². The van der Waals surface area contributed by atoms with Crippen LogP contribution in [-0.4, -0.2) is 31.9 Å². The summed E-state index contributed by atoms with van der Waals surface area (Å²) in [6.07, 6.45) is 5.12. The highest BCUT2D eigenvalue weighted by atomic mass is 32.2. The quantitative estimate of drug-likeness (QED) is 0.510. The number of hydrogen-bond donors (Lipinski definition) is 1. The van der Waals surface area contributed by atoms with Gasteiger partial charge in [0.1, 0.15) is 12.7 Å². The van der Waals surface area contributed by atoms with E-state index in [1.807, 2.05) is 35.9 Å². The molecular weight excluding hydrogens is 378 g/mol. The molecule has 0 atom stereocenters. The zero-order chi connectivity index (χ0) is 18.6. The Hall–Kier alpha value is -2.97. The number of thiazole rings is 1. The van der Waals surface area contributed by atoms with Gasteiger partial charge < -0.3 is 0 Å². The van der Waals surface area contributed by atoms with Gasteiger partial charge in [0.2, 0.25) is 0 Å². The maximum atomic E-state index is 12.5. The van der Waals surface area contributed by atoms with E-state index >= 15 is 0 Å². The summed E-state index contributed by atoms with van der Waals surface area (Å²) in [5.74, 6) is -0.196. The third kappa shape index (κ3) is 3.91. The molecule has 2 aromatic heterocycles. The summed E-state index contributed by atoms with van der Waals surface area (Å²) in [7, 11) is 0. The highest BCUT2D eigenvalue weighted by Gasteiger charge is 2.10. The van der Waals surface area contributed by atoms with Gasteiger partial charge >= 0.3 is 0 Å². The van der Waals surface area contributed by atoms with E-state index in [1.54, 1.807) is 34.9 Å². The number of nitrogens with zero attached hydrogens (tertiary/aromatic N) is 4. The molecule has 0 fully saturated rings. The molecular formula is C19H15N5OS2. The van der Waals surface area contributed by atoms with Crippen LogP contribution in [0.25, 0.3) is 16.9 Å². The largest absolute Gasteiger partial charge is 0.298 e. The first-order chi connectivity index (χ1) is 13.2. The van der Waals surface area contributed by atoms with Crippen molar-refractivity contribution in [3.05, 3.63) is 72.1 Å². The van der Waals surface area contributed by atoms with Crippen LogP contribution in [0.4, 0.5) is 5.13 Å². The summed E-state index contributed by atoms with van der Waals surface area (Å²) in [6.45, 7) is 0. The molecule has 27 heavy (non-hydrogen) atoms. The SMILES string of the molecule is CSc1ccc(-c2csc(NC(=O)c3ccc(-n4cncn4)cc3)n2)cc1. The Morgan fingerprint density at radius 1 is 1.11 bits per heavy atom. The van der Waals surface area contributed by atoms with Crippen molar-refractivity contribution in [3.63, 3.8) is 0 Å². The molecule has 0 aliphatic rings. The summed E-state index contributed by atoms with van der Waals surface area (Å²) < 4.78 is 1.64. The lowest BCUT2D eigenvalue weighted by molar-refractivity contribution is 0.102. The molecule has 0 aliphatic carbocycles. The average Bonchev–Trinajstić information content (AvgIpc) is 3.40. The zero-order valence-electron chi connectivity index (χ0n) is 14.4. The Balaban J connectivity index is 1.46. The number of nitrogens with one attached hydrogen (secondary N) is 1. The van der Waals surface area contributed by atoms with Crippen LogP contribution >= 0.6 is 23.1 Å². The summed E-state index contributed by atoms with van der Waals surface area (Å²) in [5.41, 5.74) is 3.28. The summed E-state index contributed by atoms with van der Waals surface area (Å²) in [6, 6.07) is 15.4. The average molecular weight is 393 g/mol. The van der Waals surface area contributed by atoms with Crippen LogP contribution in [0.5, 0.6) is 0 Å². The molecule has 2 heterocycles. The summed E-state index contributed by atoms with van der Waals surface area (Å²) in [5, 5.41) is 9.44. The number of amides is 1. The number of anilines is 1.